The van der Waals surface area contributed by atoms with Crippen LogP contribution >= 0.6 is 11.8 Å². The third kappa shape index (κ3) is 5.23. The van der Waals surface area contributed by atoms with Crippen molar-refractivity contribution in [2.45, 2.75) is 51.1 Å². The molecule has 6 heteroatoms. The number of thioether (sulfide) groups is 1. The average molecular weight is 302 g/mol. The molecule has 2 amide bonds. The Morgan fingerprint density at radius 1 is 1.35 bits per heavy atom. The molecule has 20 heavy (non-hydrogen) atoms. The van der Waals surface area contributed by atoms with Crippen molar-refractivity contribution in [1.29, 1.82) is 0 Å². The quantitative estimate of drug-likeness (QED) is 0.790. The molecule has 0 radical (unpaired) electrons. The largest absolute Gasteiger partial charge is 0.480 e. The van der Waals surface area contributed by atoms with Crippen LogP contribution in [0.25, 0.3) is 0 Å². The molecule has 1 aliphatic carbocycles. The van der Waals surface area contributed by atoms with Crippen molar-refractivity contribution < 1.29 is 14.7 Å². The van der Waals surface area contributed by atoms with Gasteiger partial charge in [0.05, 0.1) is 0 Å². The fourth-order valence-corrected chi connectivity index (χ4v) is 3.01. The predicted octanol–water partition coefficient (Wildman–Crippen LogP) is 2.41. The summed E-state index contributed by atoms with van der Waals surface area (Å²) >= 11 is 1.58. The van der Waals surface area contributed by atoms with Crippen molar-refractivity contribution >= 4 is 23.8 Å². The minimum absolute atomic E-state index is 0.237. The molecule has 2 N–H and O–H groups in total. The van der Waals surface area contributed by atoms with Crippen LogP contribution in [-0.2, 0) is 4.79 Å². The zero-order chi connectivity index (χ0) is 15.1. The maximum atomic E-state index is 12.1. The number of urea groups is 1. The van der Waals surface area contributed by atoms with E-state index in [1.165, 1.54) is 0 Å². The summed E-state index contributed by atoms with van der Waals surface area (Å²) < 4.78 is 0. The van der Waals surface area contributed by atoms with Crippen LogP contribution in [0.15, 0.2) is 0 Å². The molecule has 1 rings (SSSR count). The Morgan fingerprint density at radius 2 is 1.95 bits per heavy atom. The topological polar surface area (TPSA) is 69.6 Å². The molecule has 1 aliphatic rings. The first kappa shape index (κ1) is 17.1. The summed E-state index contributed by atoms with van der Waals surface area (Å²) in [6, 6.07) is -0.820. The molecular weight excluding hydrogens is 276 g/mol. The summed E-state index contributed by atoms with van der Waals surface area (Å²) in [5.74, 6) is 0.496. The summed E-state index contributed by atoms with van der Waals surface area (Å²) in [5, 5.41) is 11.8. The Kier molecular flexibility index (Phi) is 7.19. The lowest BCUT2D eigenvalue weighted by atomic mass is 9.87. The van der Waals surface area contributed by atoms with Gasteiger partial charge in [-0.3, -0.25) is 0 Å². The summed E-state index contributed by atoms with van der Waals surface area (Å²) in [6.45, 7) is 2.24. The van der Waals surface area contributed by atoms with Gasteiger partial charge in [-0.1, -0.05) is 6.92 Å². The highest BCUT2D eigenvalue weighted by Gasteiger charge is 2.27. The van der Waals surface area contributed by atoms with Crippen molar-refractivity contribution in [2.24, 2.45) is 5.92 Å². The number of hydrogen-bond acceptors (Lipinski definition) is 3. The van der Waals surface area contributed by atoms with Gasteiger partial charge in [0.2, 0.25) is 0 Å². The monoisotopic (exact) mass is 302 g/mol. The number of aliphatic carboxylic acids is 1. The molecule has 1 fully saturated rings. The van der Waals surface area contributed by atoms with Crippen LogP contribution in [0.2, 0.25) is 0 Å². The van der Waals surface area contributed by atoms with Crippen molar-refractivity contribution in [2.75, 3.05) is 19.1 Å². The second-order valence-electron chi connectivity index (χ2n) is 5.65. The van der Waals surface area contributed by atoms with Gasteiger partial charge in [-0.2, -0.15) is 11.8 Å². The second kappa shape index (κ2) is 8.39. The molecule has 1 unspecified atom stereocenters. The molecule has 1 atom stereocenters. The van der Waals surface area contributed by atoms with Gasteiger partial charge in [0.25, 0.3) is 0 Å². The van der Waals surface area contributed by atoms with Crippen molar-refractivity contribution in [3.05, 3.63) is 0 Å². The molecule has 0 saturated heterocycles. The highest BCUT2D eigenvalue weighted by atomic mass is 32.2. The van der Waals surface area contributed by atoms with Crippen LogP contribution in [-0.4, -0.2) is 53.1 Å². The van der Waals surface area contributed by atoms with Gasteiger partial charge in [-0.25, -0.2) is 9.59 Å². The number of carbonyl (C=O) groups is 2. The Labute approximate surface area is 125 Å². The standard InChI is InChI=1S/C14H26N2O3S/c1-10-4-6-11(7-5-10)16(2)14(19)15-12(13(17)18)8-9-20-3/h10-12H,4-9H2,1-3H3,(H,15,19)(H,17,18). The van der Waals surface area contributed by atoms with Gasteiger partial charge in [-0.15, -0.1) is 0 Å². The van der Waals surface area contributed by atoms with Gasteiger partial charge < -0.3 is 15.3 Å². The summed E-state index contributed by atoms with van der Waals surface area (Å²) in [5.41, 5.74) is 0. The fourth-order valence-electron chi connectivity index (χ4n) is 2.54. The summed E-state index contributed by atoms with van der Waals surface area (Å²) in [7, 11) is 1.77. The minimum Gasteiger partial charge on any atom is -0.480 e. The number of carboxylic acids is 1. The van der Waals surface area contributed by atoms with Gasteiger partial charge in [-0.05, 0) is 50.0 Å². The van der Waals surface area contributed by atoms with E-state index in [0.29, 0.717) is 6.42 Å². The molecule has 0 aliphatic heterocycles. The molecule has 0 bridgehead atoms. The normalized spacial score (nSPS) is 23.9. The molecule has 1 saturated carbocycles. The molecule has 5 nitrogen and oxygen atoms in total. The molecule has 116 valence electrons. The number of amides is 2. The Hall–Kier alpha value is -0.910. The molecular formula is C14H26N2O3S. The van der Waals surface area contributed by atoms with Gasteiger partial charge in [0.15, 0.2) is 0 Å². The van der Waals surface area contributed by atoms with E-state index in [0.717, 1.165) is 37.4 Å². The van der Waals surface area contributed by atoms with Crippen LogP contribution in [0.5, 0.6) is 0 Å². The smallest absolute Gasteiger partial charge is 0.326 e. The van der Waals surface area contributed by atoms with Crippen LogP contribution in [0.3, 0.4) is 0 Å². The Morgan fingerprint density at radius 3 is 2.45 bits per heavy atom. The maximum absolute atomic E-state index is 12.1. The Bertz CT molecular complexity index is 330. The minimum atomic E-state index is -0.960. The van der Waals surface area contributed by atoms with Crippen LogP contribution < -0.4 is 5.32 Å². The number of rotatable bonds is 6. The van der Waals surface area contributed by atoms with E-state index in [1.807, 2.05) is 6.26 Å². The van der Waals surface area contributed by atoms with Gasteiger partial charge >= 0.3 is 12.0 Å². The lowest BCUT2D eigenvalue weighted by Gasteiger charge is -2.34. The molecule has 0 heterocycles. The highest BCUT2D eigenvalue weighted by molar-refractivity contribution is 7.98. The average Bonchev–Trinajstić information content (AvgIpc) is 2.42. The van der Waals surface area contributed by atoms with E-state index in [2.05, 4.69) is 12.2 Å². The van der Waals surface area contributed by atoms with Crippen LogP contribution in [0.1, 0.15) is 39.0 Å². The first-order valence-electron chi connectivity index (χ1n) is 7.20. The maximum Gasteiger partial charge on any atom is 0.326 e. The fraction of sp³-hybridized carbons (Fsp3) is 0.857. The SMILES string of the molecule is CSCCC(NC(=O)N(C)C1CCC(C)CC1)C(=O)O. The van der Waals surface area contributed by atoms with Crippen molar-refractivity contribution in [1.82, 2.24) is 10.2 Å². The van der Waals surface area contributed by atoms with Crippen molar-refractivity contribution in [3.8, 4) is 0 Å². The van der Waals surface area contributed by atoms with E-state index in [1.54, 1.807) is 23.7 Å². The third-order valence-electron chi connectivity index (χ3n) is 4.06. The lowest BCUT2D eigenvalue weighted by molar-refractivity contribution is -0.139. The molecule has 0 aromatic carbocycles. The summed E-state index contributed by atoms with van der Waals surface area (Å²) in [4.78, 5) is 25.0. The van der Waals surface area contributed by atoms with Gasteiger partial charge in [0, 0.05) is 13.1 Å². The molecule has 0 aromatic heterocycles. The van der Waals surface area contributed by atoms with E-state index < -0.39 is 12.0 Å². The summed E-state index contributed by atoms with van der Waals surface area (Å²) in [6.07, 6.45) is 6.67. The van der Waals surface area contributed by atoms with Gasteiger partial charge in [0.1, 0.15) is 6.04 Å². The van der Waals surface area contributed by atoms with E-state index in [-0.39, 0.29) is 12.1 Å². The number of nitrogens with one attached hydrogen (secondary N) is 1. The third-order valence-corrected chi connectivity index (χ3v) is 4.70. The van der Waals surface area contributed by atoms with Crippen LogP contribution in [0, 0.1) is 5.92 Å². The van der Waals surface area contributed by atoms with Crippen LogP contribution in [0.4, 0.5) is 4.79 Å². The van der Waals surface area contributed by atoms with E-state index >= 15 is 0 Å². The second-order valence-corrected chi connectivity index (χ2v) is 6.63. The number of hydrogen-bond donors (Lipinski definition) is 2. The molecule has 0 aromatic rings. The zero-order valence-electron chi connectivity index (χ0n) is 12.6. The lowest BCUT2D eigenvalue weighted by Crippen LogP contribution is -2.50. The first-order chi connectivity index (χ1) is 9.45. The highest BCUT2D eigenvalue weighted by Crippen LogP contribution is 2.26. The number of carboxylic acid groups (broad SMARTS) is 1. The molecule has 0 spiro atoms. The van der Waals surface area contributed by atoms with Crippen molar-refractivity contribution in [3.63, 3.8) is 0 Å². The Balaban J connectivity index is 2.48. The number of carbonyl (C=O) groups excluding carboxylic acids is 1. The zero-order valence-corrected chi connectivity index (χ0v) is 13.4. The first-order valence-corrected chi connectivity index (χ1v) is 8.60. The van der Waals surface area contributed by atoms with E-state index in [9.17, 15) is 9.59 Å². The number of nitrogens with zero attached hydrogens (tertiary/aromatic N) is 1. The van der Waals surface area contributed by atoms with E-state index in [4.69, 9.17) is 5.11 Å². The predicted molar refractivity (Wildman–Crippen MR) is 82.1 cm³/mol.